The van der Waals surface area contributed by atoms with E-state index in [0.717, 1.165) is 18.8 Å². The van der Waals surface area contributed by atoms with E-state index in [1.165, 1.54) is 42.8 Å². The highest BCUT2D eigenvalue weighted by atomic mass is 15.2. The molecule has 1 aliphatic rings. The Hall–Kier alpha value is -1.65. The quantitative estimate of drug-likeness (QED) is 0.862. The molecule has 0 unspecified atom stereocenters. The van der Waals surface area contributed by atoms with Gasteiger partial charge in [0.2, 0.25) is 0 Å². The first-order chi connectivity index (χ1) is 10.8. The number of hydrogen-bond donors (Lipinski definition) is 2. The highest BCUT2D eigenvalue weighted by Gasteiger charge is 2.23. The van der Waals surface area contributed by atoms with Crippen LogP contribution in [-0.2, 0) is 6.54 Å². The second-order valence-electron chi connectivity index (χ2n) is 6.21. The Balaban J connectivity index is 1.65. The fourth-order valence-electron chi connectivity index (χ4n) is 3.35. The first-order valence-electron chi connectivity index (χ1n) is 8.26. The summed E-state index contributed by atoms with van der Waals surface area (Å²) in [7, 11) is 0. The lowest BCUT2D eigenvalue weighted by molar-refractivity contribution is 0.238. The summed E-state index contributed by atoms with van der Waals surface area (Å²) in [6, 6.07) is 11.3. The molecule has 0 aliphatic carbocycles. The van der Waals surface area contributed by atoms with Gasteiger partial charge in [-0.3, -0.25) is 10.00 Å². The van der Waals surface area contributed by atoms with E-state index in [0.29, 0.717) is 6.04 Å². The van der Waals surface area contributed by atoms with E-state index >= 15 is 0 Å². The Morgan fingerprint density at radius 1 is 1.18 bits per heavy atom. The van der Waals surface area contributed by atoms with Gasteiger partial charge in [-0.05, 0) is 45.3 Å². The maximum Gasteiger partial charge on any atom is 0.0638 e. The van der Waals surface area contributed by atoms with Crippen LogP contribution in [0.4, 0.5) is 0 Å². The van der Waals surface area contributed by atoms with E-state index in [4.69, 9.17) is 0 Å². The molecule has 0 spiro atoms. The molecule has 4 nitrogen and oxygen atoms in total. The van der Waals surface area contributed by atoms with Crippen LogP contribution < -0.4 is 5.32 Å². The highest BCUT2D eigenvalue weighted by molar-refractivity contribution is 5.23. The monoisotopic (exact) mass is 298 g/mol. The molecule has 1 aromatic carbocycles. The van der Waals surface area contributed by atoms with Gasteiger partial charge in [0, 0.05) is 30.4 Å². The van der Waals surface area contributed by atoms with E-state index in [-0.39, 0.29) is 0 Å². The molecule has 2 heterocycles. The number of rotatable bonds is 6. The first kappa shape index (κ1) is 15.3. The lowest BCUT2D eigenvalue weighted by Crippen LogP contribution is -2.34. The summed E-state index contributed by atoms with van der Waals surface area (Å²) in [6.07, 6.45) is 2.65. The molecule has 4 heteroatoms. The summed E-state index contributed by atoms with van der Waals surface area (Å²) in [5, 5.41) is 11.0. The van der Waals surface area contributed by atoms with Gasteiger partial charge in [0.25, 0.3) is 0 Å². The maximum absolute atomic E-state index is 4.27. The van der Waals surface area contributed by atoms with Crippen molar-refractivity contribution in [3.8, 4) is 0 Å². The minimum atomic E-state index is 0.469. The molecule has 118 valence electrons. The van der Waals surface area contributed by atoms with Crippen LogP contribution in [0.3, 0.4) is 0 Å². The van der Waals surface area contributed by atoms with E-state index in [2.05, 4.69) is 64.6 Å². The lowest BCUT2D eigenvalue weighted by atomic mass is 10.1. The van der Waals surface area contributed by atoms with Crippen molar-refractivity contribution in [2.24, 2.45) is 0 Å². The Kier molecular flexibility index (Phi) is 4.90. The van der Waals surface area contributed by atoms with Crippen LogP contribution in [0, 0.1) is 13.8 Å². The predicted octanol–water partition coefficient (Wildman–Crippen LogP) is 2.95. The van der Waals surface area contributed by atoms with Gasteiger partial charge in [-0.25, -0.2) is 0 Å². The third-order valence-corrected chi connectivity index (χ3v) is 4.69. The number of likely N-dealkylation sites (tertiary alicyclic amines) is 1. The van der Waals surface area contributed by atoms with Gasteiger partial charge in [-0.15, -0.1) is 0 Å². The molecule has 0 saturated carbocycles. The third kappa shape index (κ3) is 3.39. The number of aromatic amines is 1. The highest BCUT2D eigenvalue weighted by Crippen LogP contribution is 2.24. The normalized spacial score (nSPS) is 17.0. The zero-order chi connectivity index (χ0) is 15.4. The van der Waals surface area contributed by atoms with Gasteiger partial charge >= 0.3 is 0 Å². The summed E-state index contributed by atoms with van der Waals surface area (Å²) >= 11 is 0. The van der Waals surface area contributed by atoms with Crippen molar-refractivity contribution in [2.45, 2.75) is 39.3 Å². The molecular weight excluding hydrogens is 272 g/mol. The smallest absolute Gasteiger partial charge is 0.0638 e. The SMILES string of the molecule is Cc1n[nH]c(C)c1CNC[C@@H](c1ccccc1)N1CCCC1. The van der Waals surface area contributed by atoms with Crippen molar-refractivity contribution in [1.29, 1.82) is 0 Å². The Morgan fingerprint density at radius 3 is 2.55 bits per heavy atom. The molecule has 0 amide bonds. The van der Waals surface area contributed by atoms with Crippen molar-refractivity contribution in [1.82, 2.24) is 20.4 Å². The van der Waals surface area contributed by atoms with E-state index in [1.807, 2.05) is 0 Å². The Labute approximate surface area is 132 Å². The molecule has 1 fully saturated rings. The van der Waals surface area contributed by atoms with Crippen LogP contribution in [-0.4, -0.2) is 34.7 Å². The standard InChI is InChI=1S/C18H26N4/c1-14-17(15(2)21-20-14)12-19-13-18(22-10-6-7-11-22)16-8-4-3-5-9-16/h3-5,8-9,18-19H,6-7,10-13H2,1-2H3,(H,20,21)/t18-/m0/s1. The summed E-state index contributed by atoms with van der Waals surface area (Å²) in [5.41, 5.74) is 4.98. The molecule has 2 N–H and O–H groups in total. The maximum atomic E-state index is 4.27. The average Bonchev–Trinajstić information content (AvgIpc) is 3.17. The largest absolute Gasteiger partial charge is 0.311 e. The molecule has 0 radical (unpaired) electrons. The number of hydrogen-bond acceptors (Lipinski definition) is 3. The fraction of sp³-hybridized carbons (Fsp3) is 0.500. The predicted molar refractivity (Wildman–Crippen MR) is 89.8 cm³/mol. The minimum Gasteiger partial charge on any atom is -0.311 e. The van der Waals surface area contributed by atoms with Crippen molar-refractivity contribution >= 4 is 0 Å². The molecule has 22 heavy (non-hydrogen) atoms. The van der Waals surface area contributed by atoms with Gasteiger partial charge < -0.3 is 5.32 Å². The number of aromatic nitrogens is 2. The van der Waals surface area contributed by atoms with Crippen LogP contribution in [0.5, 0.6) is 0 Å². The van der Waals surface area contributed by atoms with E-state index < -0.39 is 0 Å². The van der Waals surface area contributed by atoms with Crippen molar-refractivity contribution in [2.75, 3.05) is 19.6 Å². The first-order valence-corrected chi connectivity index (χ1v) is 8.26. The van der Waals surface area contributed by atoms with Crippen molar-refractivity contribution < 1.29 is 0 Å². The topological polar surface area (TPSA) is 44.0 Å². The van der Waals surface area contributed by atoms with Gasteiger partial charge in [-0.2, -0.15) is 5.10 Å². The summed E-state index contributed by atoms with van der Waals surface area (Å²) in [6.45, 7) is 8.44. The second kappa shape index (κ2) is 7.07. The number of benzene rings is 1. The van der Waals surface area contributed by atoms with Crippen LogP contribution in [0.2, 0.25) is 0 Å². The van der Waals surface area contributed by atoms with Crippen LogP contribution >= 0.6 is 0 Å². The van der Waals surface area contributed by atoms with Crippen LogP contribution in [0.15, 0.2) is 30.3 Å². The third-order valence-electron chi connectivity index (χ3n) is 4.69. The zero-order valence-electron chi connectivity index (χ0n) is 13.6. The van der Waals surface area contributed by atoms with Gasteiger partial charge in [0.1, 0.15) is 0 Å². The second-order valence-corrected chi connectivity index (χ2v) is 6.21. The van der Waals surface area contributed by atoms with E-state index in [9.17, 15) is 0 Å². The molecule has 3 rings (SSSR count). The van der Waals surface area contributed by atoms with Crippen LogP contribution in [0.1, 0.15) is 41.4 Å². The fourth-order valence-corrected chi connectivity index (χ4v) is 3.35. The summed E-state index contributed by atoms with van der Waals surface area (Å²) in [5.74, 6) is 0. The molecule has 1 aliphatic heterocycles. The number of nitrogens with zero attached hydrogens (tertiary/aromatic N) is 2. The molecule has 1 saturated heterocycles. The Bertz CT molecular complexity index is 565. The zero-order valence-corrected chi connectivity index (χ0v) is 13.6. The molecule has 1 atom stereocenters. The average molecular weight is 298 g/mol. The van der Waals surface area contributed by atoms with E-state index in [1.54, 1.807) is 0 Å². The number of H-pyrrole nitrogens is 1. The minimum absolute atomic E-state index is 0.469. The van der Waals surface area contributed by atoms with Crippen molar-refractivity contribution in [3.05, 3.63) is 52.8 Å². The number of nitrogens with one attached hydrogen (secondary N) is 2. The van der Waals surface area contributed by atoms with Crippen LogP contribution in [0.25, 0.3) is 0 Å². The molecule has 2 aromatic rings. The molecule has 0 bridgehead atoms. The van der Waals surface area contributed by atoms with Gasteiger partial charge in [-0.1, -0.05) is 30.3 Å². The lowest BCUT2D eigenvalue weighted by Gasteiger charge is -2.28. The van der Waals surface area contributed by atoms with Gasteiger partial charge in [0.15, 0.2) is 0 Å². The number of aryl methyl sites for hydroxylation is 2. The summed E-state index contributed by atoms with van der Waals surface area (Å²) in [4.78, 5) is 2.61. The summed E-state index contributed by atoms with van der Waals surface area (Å²) < 4.78 is 0. The Morgan fingerprint density at radius 2 is 1.91 bits per heavy atom. The molecular formula is C18H26N4. The van der Waals surface area contributed by atoms with Crippen molar-refractivity contribution in [3.63, 3.8) is 0 Å². The molecule has 1 aromatic heterocycles. The van der Waals surface area contributed by atoms with Gasteiger partial charge in [0.05, 0.1) is 5.69 Å².